The molecule has 8 heteroatoms. The van der Waals surface area contributed by atoms with Crippen molar-refractivity contribution >= 4 is 34.8 Å². The van der Waals surface area contributed by atoms with Crippen molar-refractivity contribution in [2.75, 3.05) is 0 Å². The van der Waals surface area contributed by atoms with Gasteiger partial charge in [-0.15, -0.1) is 10.2 Å². The van der Waals surface area contributed by atoms with Crippen LogP contribution < -0.4 is 0 Å². The first-order chi connectivity index (χ1) is 14.5. The molecule has 4 aromatic rings. The van der Waals surface area contributed by atoms with E-state index in [0.29, 0.717) is 38.2 Å². The van der Waals surface area contributed by atoms with Gasteiger partial charge in [0.25, 0.3) is 5.89 Å². The number of unbranched alkanes of at least 4 members (excludes halogenated alkanes) is 1. The van der Waals surface area contributed by atoms with Crippen LogP contribution in [0.3, 0.4) is 0 Å². The highest BCUT2D eigenvalue weighted by Crippen LogP contribution is 2.36. The summed E-state index contributed by atoms with van der Waals surface area (Å²) in [5.41, 5.74) is 4.01. The van der Waals surface area contributed by atoms with Crippen LogP contribution in [0.1, 0.15) is 31.2 Å². The molecule has 0 aliphatic heterocycles. The predicted octanol–water partition coefficient (Wildman–Crippen LogP) is 7.20. The summed E-state index contributed by atoms with van der Waals surface area (Å²) in [5, 5.41) is 14.9. The fourth-order valence-corrected chi connectivity index (χ4v) is 3.87. The van der Waals surface area contributed by atoms with Crippen molar-refractivity contribution in [3.8, 4) is 28.5 Å². The maximum atomic E-state index is 6.50. The monoisotopic (exact) mass is 460 g/mol. The molecule has 0 unspecified atom stereocenters. The Balaban J connectivity index is 1.89. The van der Waals surface area contributed by atoms with E-state index in [1.807, 2.05) is 37.3 Å². The molecule has 0 saturated carbocycles. The smallest absolute Gasteiger partial charge is 0.268 e. The molecule has 0 saturated heterocycles. The highest BCUT2D eigenvalue weighted by molar-refractivity contribution is 6.35. The number of aromatic nitrogens is 4. The van der Waals surface area contributed by atoms with E-state index in [1.165, 1.54) is 0 Å². The van der Waals surface area contributed by atoms with Crippen molar-refractivity contribution in [1.29, 1.82) is 0 Å². The number of benzene rings is 2. The Labute approximate surface area is 189 Å². The first kappa shape index (κ1) is 20.9. The number of nitrogens with zero attached hydrogens (tertiary/aromatic N) is 4. The zero-order chi connectivity index (χ0) is 21.3. The maximum Gasteiger partial charge on any atom is 0.268 e. The minimum absolute atomic E-state index is 0.387. The number of rotatable bonds is 6. The lowest BCUT2D eigenvalue weighted by atomic mass is 10.1. The summed E-state index contributed by atoms with van der Waals surface area (Å²) in [5.74, 6) is 0.996. The second-order valence-electron chi connectivity index (χ2n) is 6.94. The summed E-state index contributed by atoms with van der Waals surface area (Å²) >= 11 is 18.7. The van der Waals surface area contributed by atoms with Gasteiger partial charge in [0.15, 0.2) is 5.69 Å². The molecule has 154 valence electrons. The van der Waals surface area contributed by atoms with Crippen molar-refractivity contribution in [1.82, 2.24) is 20.0 Å². The molecule has 4 rings (SSSR count). The molecule has 2 heterocycles. The SMILES string of the molecule is CCCCc1nnc(-c2nn(-c3ccc(Cl)cc3Cl)c(-c3ccc(Cl)cc3)c2C)o1. The minimum Gasteiger partial charge on any atom is -0.419 e. The summed E-state index contributed by atoms with van der Waals surface area (Å²) in [7, 11) is 0. The van der Waals surface area contributed by atoms with E-state index >= 15 is 0 Å². The Morgan fingerprint density at radius 2 is 1.70 bits per heavy atom. The van der Waals surface area contributed by atoms with Gasteiger partial charge in [-0.25, -0.2) is 4.68 Å². The van der Waals surface area contributed by atoms with E-state index in [9.17, 15) is 0 Å². The standard InChI is InChI=1S/C22H19Cl3N4O/c1-3-4-5-19-26-27-22(30-19)20-13(2)21(14-6-8-15(23)9-7-14)29(28-20)18-11-10-16(24)12-17(18)25/h6-12H,3-5H2,1-2H3. The fourth-order valence-electron chi connectivity index (χ4n) is 3.25. The van der Waals surface area contributed by atoms with Gasteiger partial charge in [0.1, 0.15) is 0 Å². The Kier molecular flexibility index (Phi) is 6.14. The Morgan fingerprint density at radius 3 is 2.40 bits per heavy atom. The predicted molar refractivity (Wildman–Crippen MR) is 121 cm³/mol. The lowest BCUT2D eigenvalue weighted by Gasteiger charge is -2.11. The fraction of sp³-hybridized carbons (Fsp3) is 0.227. The largest absolute Gasteiger partial charge is 0.419 e. The van der Waals surface area contributed by atoms with Crippen LogP contribution in [0.4, 0.5) is 0 Å². The molecular weight excluding hydrogens is 443 g/mol. The Morgan fingerprint density at radius 1 is 0.967 bits per heavy atom. The highest BCUT2D eigenvalue weighted by Gasteiger charge is 2.23. The van der Waals surface area contributed by atoms with Gasteiger partial charge in [0.05, 0.1) is 16.4 Å². The molecule has 0 aliphatic rings. The van der Waals surface area contributed by atoms with Crippen LogP contribution in [0.5, 0.6) is 0 Å². The highest BCUT2D eigenvalue weighted by atomic mass is 35.5. The molecule has 2 aromatic carbocycles. The molecule has 30 heavy (non-hydrogen) atoms. The second kappa shape index (κ2) is 8.80. The van der Waals surface area contributed by atoms with Gasteiger partial charge >= 0.3 is 0 Å². The topological polar surface area (TPSA) is 56.7 Å². The summed E-state index contributed by atoms with van der Waals surface area (Å²) < 4.78 is 7.67. The molecule has 0 aliphatic carbocycles. The van der Waals surface area contributed by atoms with E-state index in [1.54, 1.807) is 16.8 Å². The van der Waals surface area contributed by atoms with E-state index in [2.05, 4.69) is 17.1 Å². The van der Waals surface area contributed by atoms with Gasteiger partial charge < -0.3 is 4.42 Å². The van der Waals surface area contributed by atoms with Crippen molar-refractivity contribution in [3.63, 3.8) is 0 Å². The summed E-state index contributed by atoms with van der Waals surface area (Å²) in [6.45, 7) is 4.10. The first-order valence-corrected chi connectivity index (χ1v) is 10.7. The second-order valence-corrected chi connectivity index (χ2v) is 8.22. The number of hydrogen-bond donors (Lipinski definition) is 0. The van der Waals surface area contributed by atoms with Gasteiger partial charge in [-0.3, -0.25) is 0 Å². The van der Waals surface area contributed by atoms with Crippen LogP contribution >= 0.6 is 34.8 Å². The van der Waals surface area contributed by atoms with Crippen LogP contribution in [0.15, 0.2) is 46.9 Å². The van der Waals surface area contributed by atoms with Crippen molar-refractivity contribution in [2.45, 2.75) is 33.1 Å². The molecule has 5 nitrogen and oxygen atoms in total. The van der Waals surface area contributed by atoms with Crippen LogP contribution in [-0.4, -0.2) is 20.0 Å². The Hall–Kier alpha value is -2.34. The molecule has 0 fully saturated rings. The number of aryl methyl sites for hydroxylation is 1. The molecule has 0 spiro atoms. The van der Waals surface area contributed by atoms with Crippen LogP contribution in [-0.2, 0) is 6.42 Å². The lowest BCUT2D eigenvalue weighted by Crippen LogP contribution is -2.00. The quantitative estimate of drug-likeness (QED) is 0.304. The molecule has 2 aromatic heterocycles. The zero-order valence-electron chi connectivity index (χ0n) is 16.5. The molecule has 0 amide bonds. The van der Waals surface area contributed by atoms with Crippen LogP contribution in [0.25, 0.3) is 28.5 Å². The van der Waals surface area contributed by atoms with E-state index in [4.69, 9.17) is 44.3 Å². The van der Waals surface area contributed by atoms with Gasteiger partial charge in [-0.05, 0) is 43.7 Å². The molecule has 0 atom stereocenters. The molecule has 0 radical (unpaired) electrons. The number of halogens is 3. The maximum absolute atomic E-state index is 6.50. The molecule has 0 bridgehead atoms. The Bertz CT molecular complexity index is 1180. The van der Waals surface area contributed by atoms with Gasteiger partial charge in [0, 0.05) is 27.6 Å². The summed E-state index contributed by atoms with van der Waals surface area (Å²) in [6.07, 6.45) is 2.79. The minimum atomic E-state index is 0.387. The summed E-state index contributed by atoms with van der Waals surface area (Å²) in [6, 6.07) is 12.9. The third-order valence-corrected chi connectivity index (χ3v) is 5.58. The average Bonchev–Trinajstić information content (AvgIpc) is 3.32. The molecule has 0 N–H and O–H groups in total. The van der Waals surface area contributed by atoms with E-state index in [0.717, 1.165) is 36.1 Å². The molecular formula is C22H19Cl3N4O. The average molecular weight is 462 g/mol. The van der Waals surface area contributed by atoms with Crippen LogP contribution in [0, 0.1) is 6.92 Å². The van der Waals surface area contributed by atoms with E-state index in [-0.39, 0.29) is 0 Å². The van der Waals surface area contributed by atoms with Crippen molar-refractivity contribution < 1.29 is 4.42 Å². The normalized spacial score (nSPS) is 11.2. The third-order valence-electron chi connectivity index (χ3n) is 4.79. The van der Waals surface area contributed by atoms with Crippen molar-refractivity contribution in [2.24, 2.45) is 0 Å². The van der Waals surface area contributed by atoms with Gasteiger partial charge in [-0.1, -0.05) is 60.3 Å². The van der Waals surface area contributed by atoms with E-state index < -0.39 is 0 Å². The first-order valence-electron chi connectivity index (χ1n) is 9.61. The number of hydrogen-bond acceptors (Lipinski definition) is 4. The third kappa shape index (κ3) is 4.10. The van der Waals surface area contributed by atoms with Gasteiger partial charge in [0.2, 0.25) is 5.89 Å². The lowest BCUT2D eigenvalue weighted by molar-refractivity contribution is 0.494. The summed E-state index contributed by atoms with van der Waals surface area (Å²) in [4.78, 5) is 0. The van der Waals surface area contributed by atoms with Gasteiger partial charge in [-0.2, -0.15) is 5.10 Å². The van der Waals surface area contributed by atoms with Crippen molar-refractivity contribution in [3.05, 3.63) is 69.0 Å². The van der Waals surface area contributed by atoms with Crippen LogP contribution in [0.2, 0.25) is 15.1 Å². The zero-order valence-corrected chi connectivity index (χ0v) is 18.8.